The van der Waals surface area contributed by atoms with E-state index in [0.29, 0.717) is 18.4 Å². The number of halogens is 2. The Labute approximate surface area is 142 Å². The van der Waals surface area contributed by atoms with E-state index in [-0.39, 0.29) is 24.1 Å². The van der Waals surface area contributed by atoms with Gasteiger partial charge in [0.2, 0.25) is 5.91 Å². The summed E-state index contributed by atoms with van der Waals surface area (Å²) in [6.07, 6.45) is 3.95. The molecule has 7 nitrogen and oxygen atoms in total. The number of carbonyl (C=O) groups excluding carboxylic acids is 2. The summed E-state index contributed by atoms with van der Waals surface area (Å²) >= 11 is 0. The molecule has 132 valence electrons. The second-order valence-corrected chi connectivity index (χ2v) is 5.78. The van der Waals surface area contributed by atoms with E-state index < -0.39 is 17.5 Å². The number of likely N-dealkylation sites (tertiary alicyclic amines) is 1. The van der Waals surface area contributed by atoms with Gasteiger partial charge in [-0.3, -0.25) is 14.7 Å². The summed E-state index contributed by atoms with van der Waals surface area (Å²) in [5.74, 6) is -2.20. The average Bonchev–Trinajstić information content (AvgIpc) is 3.14. The monoisotopic (exact) mass is 349 g/mol. The zero-order valence-corrected chi connectivity index (χ0v) is 13.3. The predicted molar refractivity (Wildman–Crippen MR) is 83.4 cm³/mol. The largest absolute Gasteiger partial charge is 0.343 e. The van der Waals surface area contributed by atoms with Gasteiger partial charge >= 0.3 is 0 Å². The molecule has 9 heteroatoms. The highest BCUT2D eigenvalue weighted by atomic mass is 19.1. The average molecular weight is 349 g/mol. The number of piperidine rings is 1. The number of nitrogens with zero attached hydrogens (tertiary/aromatic N) is 3. The molecule has 0 spiro atoms. The van der Waals surface area contributed by atoms with Gasteiger partial charge in [-0.15, -0.1) is 0 Å². The maximum atomic E-state index is 13.6. The molecule has 2 amide bonds. The van der Waals surface area contributed by atoms with Crippen LogP contribution in [-0.4, -0.2) is 45.0 Å². The molecular weight excluding hydrogens is 332 g/mol. The normalized spacial score (nSPS) is 17.4. The highest BCUT2D eigenvalue weighted by Crippen LogP contribution is 2.28. The molecule has 2 aromatic rings. The summed E-state index contributed by atoms with van der Waals surface area (Å²) in [6, 6.07) is 2.44. The lowest BCUT2D eigenvalue weighted by Crippen LogP contribution is -2.44. The van der Waals surface area contributed by atoms with Crippen molar-refractivity contribution in [2.45, 2.75) is 25.3 Å². The molecule has 0 bridgehead atoms. The van der Waals surface area contributed by atoms with Gasteiger partial charge in [-0.05, 0) is 31.4 Å². The molecule has 1 saturated heterocycles. The summed E-state index contributed by atoms with van der Waals surface area (Å²) in [5.41, 5.74) is -0.306. The first-order valence-corrected chi connectivity index (χ1v) is 7.94. The van der Waals surface area contributed by atoms with E-state index in [1.807, 2.05) is 0 Å². The molecule has 0 aliphatic carbocycles. The number of aromatic nitrogens is 3. The summed E-state index contributed by atoms with van der Waals surface area (Å²) in [7, 11) is 0. The zero-order valence-electron chi connectivity index (χ0n) is 13.3. The summed E-state index contributed by atoms with van der Waals surface area (Å²) in [4.78, 5) is 30.2. The van der Waals surface area contributed by atoms with Crippen LogP contribution in [0, 0.1) is 11.6 Å². The van der Waals surface area contributed by atoms with Crippen molar-refractivity contribution in [1.29, 1.82) is 0 Å². The van der Waals surface area contributed by atoms with Gasteiger partial charge in [0.1, 0.15) is 23.8 Å². The Morgan fingerprint density at radius 1 is 1.32 bits per heavy atom. The molecule has 1 unspecified atom stereocenters. The van der Waals surface area contributed by atoms with Gasteiger partial charge in [0.15, 0.2) is 0 Å². The molecule has 1 fully saturated rings. The fourth-order valence-corrected chi connectivity index (χ4v) is 2.92. The SMILES string of the molecule is O=C(NCC(=O)N1CCCCC1c1ncn[nH]1)c1ccc(F)cc1F. The molecule has 25 heavy (non-hydrogen) atoms. The number of hydrogen-bond donors (Lipinski definition) is 2. The number of aromatic amines is 1. The van der Waals surface area contributed by atoms with Gasteiger partial charge in [-0.25, -0.2) is 13.8 Å². The van der Waals surface area contributed by atoms with Gasteiger partial charge in [0.05, 0.1) is 18.2 Å². The molecule has 1 aliphatic rings. The first-order valence-electron chi connectivity index (χ1n) is 7.94. The van der Waals surface area contributed by atoms with Crippen LogP contribution in [0.5, 0.6) is 0 Å². The highest BCUT2D eigenvalue weighted by molar-refractivity contribution is 5.96. The van der Waals surface area contributed by atoms with Crippen molar-refractivity contribution in [3.63, 3.8) is 0 Å². The minimum absolute atomic E-state index is 0.219. The van der Waals surface area contributed by atoms with Crippen LogP contribution in [0.1, 0.15) is 41.5 Å². The predicted octanol–water partition coefficient (Wildman–Crippen LogP) is 1.57. The van der Waals surface area contributed by atoms with Crippen LogP contribution in [0.2, 0.25) is 0 Å². The van der Waals surface area contributed by atoms with Gasteiger partial charge in [0, 0.05) is 12.6 Å². The van der Waals surface area contributed by atoms with E-state index in [1.54, 1.807) is 4.90 Å². The molecule has 2 heterocycles. The van der Waals surface area contributed by atoms with Crippen molar-refractivity contribution in [3.05, 3.63) is 47.5 Å². The number of nitrogens with one attached hydrogen (secondary N) is 2. The summed E-state index contributed by atoms with van der Waals surface area (Å²) in [5, 5.41) is 8.96. The lowest BCUT2D eigenvalue weighted by molar-refractivity contribution is -0.134. The van der Waals surface area contributed by atoms with Crippen LogP contribution in [0.25, 0.3) is 0 Å². The third kappa shape index (κ3) is 3.81. The fraction of sp³-hybridized carbons (Fsp3) is 0.375. The van der Waals surface area contributed by atoms with Crippen LogP contribution >= 0.6 is 0 Å². The molecule has 1 aromatic heterocycles. The molecule has 0 saturated carbocycles. The standard InChI is InChI=1S/C16H17F2N5O2/c17-10-4-5-11(12(18)7-10)16(25)19-8-14(24)23-6-2-1-3-13(23)15-20-9-21-22-15/h4-5,7,9,13H,1-3,6,8H2,(H,19,25)(H,20,21,22). The molecule has 1 aromatic carbocycles. The number of rotatable bonds is 4. The molecule has 1 aliphatic heterocycles. The van der Waals surface area contributed by atoms with Crippen LogP contribution in [0.3, 0.4) is 0 Å². The van der Waals surface area contributed by atoms with Crippen molar-refractivity contribution in [2.24, 2.45) is 0 Å². The van der Waals surface area contributed by atoms with Crippen molar-refractivity contribution < 1.29 is 18.4 Å². The number of amides is 2. The first-order chi connectivity index (χ1) is 12.1. The minimum Gasteiger partial charge on any atom is -0.343 e. The lowest BCUT2D eigenvalue weighted by atomic mass is 10.0. The van der Waals surface area contributed by atoms with Crippen molar-refractivity contribution in [1.82, 2.24) is 25.4 Å². The summed E-state index contributed by atoms with van der Waals surface area (Å²) in [6.45, 7) is 0.269. The minimum atomic E-state index is -0.970. The number of benzene rings is 1. The van der Waals surface area contributed by atoms with E-state index in [1.165, 1.54) is 6.33 Å². The van der Waals surface area contributed by atoms with E-state index in [2.05, 4.69) is 20.5 Å². The van der Waals surface area contributed by atoms with E-state index in [0.717, 1.165) is 31.4 Å². The number of H-pyrrole nitrogens is 1. The van der Waals surface area contributed by atoms with Crippen LogP contribution in [0.4, 0.5) is 8.78 Å². The molecule has 3 rings (SSSR count). The van der Waals surface area contributed by atoms with Crippen LogP contribution < -0.4 is 5.32 Å². The van der Waals surface area contributed by atoms with Crippen LogP contribution in [-0.2, 0) is 4.79 Å². The second kappa shape index (κ2) is 7.37. The number of carbonyl (C=O) groups is 2. The van der Waals surface area contributed by atoms with E-state index in [4.69, 9.17) is 0 Å². The fourth-order valence-electron chi connectivity index (χ4n) is 2.92. The highest BCUT2D eigenvalue weighted by Gasteiger charge is 2.30. The van der Waals surface area contributed by atoms with Crippen molar-refractivity contribution >= 4 is 11.8 Å². The Kier molecular flexibility index (Phi) is 5.01. The van der Waals surface area contributed by atoms with Crippen molar-refractivity contribution in [3.8, 4) is 0 Å². The van der Waals surface area contributed by atoms with Gasteiger partial charge in [-0.2, -0.15) is 5.10 Å². The molecular formula is C16H17F2N5O2. The zero-order chi connectivity index (χ0) is 17.8. The first kappa shape index (κ1) is 17.0. The topological polar surface area (TPSA) is 91.0 Å². The Hall–Kier alpha value is -2.84. The third-order valence-electron chi connectivity index (χ3n) is 4.15. The van der Waals surface area contributed by atoms with Crippen LogP contribution in [0.15, 0.2) is 24.5 Å². The van der Waals surface area contributed by atoms with E-state index >= 15 is 0 Å². The maximum absolute atomic E-state index is 13.6. The Bertz CT molecular complexity index is 766. The Morgan fingerprint density at radius 3 is 2.88 bits per heavy atom. The van der Waals surface area contributed by atoms with Gasteiger partial charge < -0.3 is 10.2 Å². The maximum Gasteiger partial charge on any atom is 0.254 e. The lowest BCUT2D eigenvalue weighted by Gasteiger charge is -2.34. The Balaban J connectivity index is 1.64. The molecule has 1 atom stereocenters. The molecule has 2 N–H and O–H groups in total. The summed E-state index contributed by atoms with van der Waals surface area (Å²) < 4.78 is 26.5. The Morgan fingerprint density at radius 2 is 2.16 bits per heavy atom. The van der Waals surface area contributed by atoms with Crippen molar-refractivity contribution in [2.75, 3.05) is 13.1 Å². The van der Waals surface area contributed by atoms with E-state index in [9.17, 15) is 18.4 Å². The third-order valence-corrected chi connectivity index (χ3v) is 4.15. The van der Waals surface area contributed by atoms with Gasteiger partial charge in [0.25, 0.3) is 5.91 Å². The quantitative estimate of drug-likeness (QED) is 0.876. The number of hydrogen-bond acceptors (Lipinski definition) is 4. The smallest absolute Gasteiger partial charge is 0.254 e. The second-order valence-electron chi connectivity index (χ2n) is 5.78. The van der Waals surface area contributed by atoms with Gasteiger partial charge in [-0.1, -0.05) is 0 Å². The molecule has 0 radical (unpaired) electrons.